The van der Waals surface area contributed by atoms with Gasteiger partial charge < -0.3 is 20.1 Å². The molecule has 0 amide bonds. The number of rotatable bonds is 6. The molecule has 1 heterocycles. The summed E-state index contributed by atoms with van der Waals surface area (Å²) in [6.07, 6.45) is 1.77. The van der Waals surface area contributed by atoms with E-state index in [9.17, 15) is 0 Å². The third-order valence-corrected chi connectivity index (χ3v) is 2.29. The van der Waals surface area contributed by atoms with Gasteiger partial charge in [0.25, 0.3) is 0 Å². The fourth-order valence-corrected chi connectivity index (χ4v) is 1.31. The van der Waals surface area contributed by atoms with Crippen molar-refractivity contribution < 1.29 is 9.47 Å². The van der Waals surface area contributed by atoms with Gasteiger partial charge in [0.2, 0.25) is 5.88 Å². The van der Waals surface area contributed by atoms with Crippen LogP contribution in [0.1, 0.15) is 5.56 Å². The van der Waals surface area contributed by atoms with Gasteiger partial charge in [0.1, 0.15) is 0 Å². The maximum atomic E-state index is 5.00. The summed E-state index contributed by atoms with van der Waals surface area (Å²) in [6, 6.07) is 3.79. The van der Waals surface area contributed by atoms with E-state index in [1.54, 1.807) is 27.5 Å². The first kappa shape index (κ1) is 17.9. The zero-order chi connectivity index (χ0) is 13.2. The maximum absolute atomic E-state index is 5.00. The van der Waals surface area contributed by atoms with Gasteiger partial charge in [0, 0.05) is 39.5 Å². The van der Waals surface area contributed by atoms with Crippen molar-refractivity contribution in [2.75, 3.05) is 34.4 Å². The van der Waals surface area contributed by atoms with Crippen LogP contribution in [0.5, 0.6) is 5.88 Å². The van der Waals surface area contributed by atoms with Crippen LogP contribution in [-0.4, -0.2) is 45.4 Å². The maximum Gasteiger partial charge on any atom is 0.212 e. The Morgan fingerprint density at radius 3 is 2.63 bits per heavy atom. The van der Waals surface area contributed by atoms with Crippen LogP contribution in [0.4, 0.5) is 0 Å². The molecule has 2 N–H and O–H groups in total. The van der Waals surface area contributed by atoms with E-state index < -0.39 is 0 Å². The fourth-order valence-electron chi connectivity index (χ4n) is 1.31. The number of aliphatic imine (C=N–C) groups is 1. The molecule has 7 heteroatoms. The molecule has 0 atom stereocenters. The van der Waals surface area contributed by atoms with Gasteiger partial charge in [-0.15, -0.1) is 24.0 Å². The van der Waals surface area contributed by atoms with Gasteiger partial charge in [-0.1, -0.05) is 6.07 Å². The summed E-state index contributed by atoms with van der Waals surface area (Å²) in [5, 5.41) is 6.32. The van der Waals surface area contributed by atoms with E-state index in [1.165, 1.54) is 0 Å². The van der Waals surface area contributed by atoms with E-state index in [0.717, 1.165) is 18.1 Å². The molecule has 0 aliphatic rings. The van der Waals surface area contributed by atoms with Gasteiger partial charge in [-0.2, -0.15) is 0 Å². The van der Waals surface area contributed by atoms with E-state index in [2.05, 4.69) is 20.6 Å². The standard InChI is InChI=1S/C12H20N4O2.HI/c1-13-12(14-6-7-17-2)16-9-10-4-5-11(18-3)15-8-10;/h4-5,8H,6-7,9H2,1-3H3,(H2,13,14,16);1H. The van der Waals surface area contributed by atoms with Gasteiger partial charge in [0.05, 0.1) is 13.7 Å². The van der Waals surface area contributed by atoms with Crippen LogP contribution < -0.4 is 15.4 Å². The van der Waals surface area contributed by atoms with Gasteiger partial charge in [-0.05, 0) is 5.56 Å². The van der Waals surface area contributed by atoms with Crippen molar-refractivity contribution in [3.63, 3.8) is 0 Å². The van der Waals surface area contributed by atoms with E-state index >= 15 is 0 Å². The Morgan fingerprint density at radius 1 is 1.32 bits per heavy atom. The van der Waals surface area contributed by atoms with Crippen molar-refractivity contribution in [2.45, 2.75) is 6.54 Å². The Labute approximate surface area is 131 Å². The van der Waals surface area contributed by atoms with Crippen LogP contribution in [-0.2, 0) is 11.3 Å². The number of pyridine rings is 1. The van der Waals surface area contributed by atoms with Crippen molar-refractivity contribution in [3.8, 4) is 5.88 Å². The van der Waals surface area contributed by atoms with Gasteiger partial charge >= 0.3 is 0 Å². The summed E-state index contributed by atoms with van der Waals surface area (Å²) in [5.41, 5.74) is 1.06. The minimum absolute atomic E-state index is 0. The highest BCUT2D eigenvalue weighted by molar-refractivity contribution is 14.0. The number of nitrogens with one attached hydrogen (secondary N) is 2. The first-order valence-electron chi connectivity index (χ1n) is 5.72. The van der Waals surface area contributed by atoms with Crippen molar-refractivity contribution in [1.29, 1.82) is 0 Å². The normalized spacial score (nSPS) is 10.6. The summed E-state index contributed by atoms with van der Waals surface area (Å²) in [5.74, 6) is 1.35. The highest BCUT2D eigenvalue weighted by atomic mass is 127. The molecule has 0 radical (unpaired) electrons. The number of hydrogen-bond acceptors (Lipinski definition) is 4. The molecule has 0 saturated carbocycles. The summed E-state index contributed by atoms with van der Waals surface area (Å²) in [6.45, 7) is 2.02. The minimum atomic E-state index is 0. The third-order valence-electron chi connectivity index (χ3n) is 2.29. The van der Waals surface area contributed by atoms with Crippen LogP contribution in [0.3, 0.4) is 0 Å². The fraction of sp³-hybridized carbons (Fsp3) is 0.500. The molecule has 6 nitrogen and oxygen atoms in total. The van der Waals surface area contributed by atoms with Crippen LogP contribution in [0, 0.1) is 0 Å². The Kier molecular flexibility index (Phi) is 10.2. The van der Waals surface area contributed by atoms with Gasteiger partial charge in [0.15, 0.2) is 5.96 Å². The lowest BCUT2D eigenvalue weighted by molar-refractivity contribution is 0.203. The SMILES string of the molecule is CN=C(NCCOC)NCc1ccc(OC)nc1.I. The predicted molar refractivity (Wildman–Crippen MR) is 86.3 cm³/mol. The van der Waals surface area contributed by atoms with Crippen molar-refractivity contribution >= 4 is 29.9 Å². The molecule has 0 aliphatic carbocycles. The quantitative estimate of drug-likeness (QED) is 0.334. The molecule has 1 rings (SSSR count). The van der Waals surface area contributed by atoms with Crippen LogP contribution in [0.15, 0.2) is 23.3 Å². The number of guanidine groups is 1. The van der Waals surface area contributed by atoms with E-state index in [0.29, 0.717) is 19.0 Å². The Morgan fingerprint density at radius 2 is 2.11 bits per heavy atom. The van der Waals surface area contributed by atoms with Gasteiger partial charge in [-0.25, -0.2) is 4.98 Å². The summed E-state index contributed by atoms with van der Waals surface area (Å²) in [7, 11) is 5.00. The van der Waals surface area contributed by atoms with Crippen LogP contribution in [0.2, 0.25) is 0 Å². The number of nitrogens with zero attached hydrogens (tertiary/aromatic N) is 2. The lowest BCUT2D eigenvalue weighted by atomic mass is 10.3. The Bertz CT molecular complexity index is 370. The second-order valence-corrected chi connectivity index (χ2v) is 3.55. The number of methoxy groups -OCH3 is 2. The van der Waals surface area contributed by atoms with E-state index in [1.807, 2.05) is 12.1 Å². The average Bonchev–Trinajstić information content (AvgIpc) is 2.43. The molecular formula is C12H21IN4O2. The largest absolute Gasteiger partial charge is 0.481 e. The summed E-state index contributed by atoms with van der Waals surface area (Å²) >= 11 is 0. The lowest BCUT2D eigenvalue weighted by Gasteiger charge is -2.11. The number of hydrogen-bond donors (Lipinski definition) is 2. The molecular weight excluding hydrogens is 359 g/mol. The number of aromatic nitrogens is 1. The van der Waals surface area contributed by atoms with Crippen LogP contribution >= 0.6 is 24.0 Å². The molecule has 19 heavy (non-hydrogen) atoms. The van der Waals surface area contributed by atoms with E-state index in [-0.39, 0.29) is 24.0 Å². The predicted octanol–water partition coefficient (Wildman–Crippen LogP) is 1.02. The monoisotopic (exact) mass is 380 g/mol. The van der Waals surface area contributed by atoms with Crippen molar-refractivity contribution in [2.24, 2.45) is 4.99 Å². The molecule has 0 unspecified atom stereocenters. The molecule has 1 aromatic rings. The smallest absolute Gasteiger partial charge is 0.212 e. The highest BCUT2D eigenvalue weighted by Crippen LogP contribution is 2.05. The first-order valence-corrected chi connectivity index (χ1v) is 5.72. The first-order chi connectivity index (χ1) is 8.80. The molecule has 0 aromatic carbocycles. The Hall–Kier alpha value is -1.09. The van der Waals surface area contributed by atoms with Crippen LogP contribution in [0.25, 0.3) is 0 Å². The second-order valence-electron chi connectivity index (χ2n) is 3.55. The summed E-state index contributed by atoms with van der Waals surface area (Å²) < 4.78 is 9.96. The average molecular weight is 380 g/mol. The Balaban J connectivity index is 0.00000324. The molecule has 0 fully saturated rings. The lowest BCUT2D eigenvalue weighted by Crippen LogP contribution is -2.38. The van der Waals surface area contributed by atoms with E-state index in [4.69, 9.17) is 9.47 Å². The number of halogens is 1. The highest BCUT2D eigenvalue weighted by Gasteiger charge is 1.99. The third kappa shape index (κ3) is 7.16. The van der Waals surface area contributed by atoms with Crippen molar-refractivity contribution in [1.82, 2.24) is 15.6 Å². The zero-order valence-corrected chi connectivity index (χ0v) is 13.8. The number of ether oxygens (including phenoxy) is 2. The minimum Gasteiger partial charge on any atom is -0.481 e. The molecule has 1 aromatic heterocycles. The zero-order valence-electron chi connectivity index (χ0n) is 11.5. The molecule has 0 saturated heterocycles. The summed E-state index contributed by atoms with van der Waals surface area (Å²) in [4.78, 5) is 8.24. The van der Waals surface area contributed by atoms with Gasteiger partial charge in [-0.3, -0.25) is 4.99 Å². The second kappa shape index (κ2) is 10.8. The topological polar surface area (TPSA) is 67.8 Å². The molecule has 108 valence electrons. The molecule has 0 aliphatic heterocycles. The van der Waals surface area contributed by atoms with Crippen molar-refractivity contribution in [3.05, 3.63) is 23.9 Å². The molecule has 0 bridgehead atoms. The molecule has 0 spiro atoms.